The molecular weight excluding hydrogens is 442 g/mol. The molecule has 2 fully saturated rings. The third-order valence-corrected chi connectivity index (χ3v) is 8.03. The molecule has 192 valence electrons. The summed E-state index contributed by atoms with van der Waals surface area (Å²) >= 11 is 0. The Morgan fingerprint density at radius 3 is 2.42 bits per heavy atom. The van der Waals surface area contributed by atoms with E-state index >= 15 is 0 Å². The third-order valence-electron chi connectivity index (χ3n) is 8.03. The second-order valence-electron chi connectivity index (χ2n) is 10.9. The summed E-state index contributed by atoms with van der Waals surface area (Å²) in [4.78, 5) is 15.2. The summed E-state index contributed by atoms with van der Waals surface area (Å²) < 4.78 is 2.32. The number of benzene rings is 1. The second kappa shape index (κ2) is 11.7. The monoisotopic (exact) mass is 485 g/mol. The smallest absolute Gasteiger partial charge is 0.160 e. The largest absolute Gasteiger partial charge is 0.308 e. The number of hydrogen-bond acceptors (Lipinski definition) is 4. The van der Waals surface area contributed by atoms with Gasteiger partial charge in [0.05, 0.1) is 6.54 Å². The fraction of sp³-hybridized carbons (Fsp3) is 0.548. The summed E-state index contributed by atoms with van der Waals surface area (Å²) in [6.07, 6.45) is 13.6. The molecule has 0 saturated carbocycles. The van der Waals surface area contributed by atoms with Crippen LogP contribution in [0.25, 0.3) is 17.2 Å². The Morgan fingerprint density at radius 1 is 0.944 bits per heavy atom. The van der Waals surface area contributed by atoms with Gasteiger partial charge in [0.1, 0.15) is 11.3 Å². The molecular formula is C31H43N5. The molecule has 5 heteroatoms. The van der Waals surface area contributed by atoms with Gasteiger partial charge in [0, 0.05) is 24.7 Å². The predicted octanol–water partition coefficient (Wildman–Crippen LogP) is 6.01. The van der Waals surface area contributed by atoms with E-state index in [4.69, 9.17) is 9.97 Å². The Labute approximate surface area is 217 Å². The Morgan fingerprint density at radius 2 is 1.69 bits per heavy atom. The van der Waals surface area contributed by atoms with Crippen LogP contribution in [0.3, 0.4) is 0 Å². The van der Waals surface area contributed by atoms with Gasteiger partial charge in [-0.1, -0.05) is 49.8 Å². The average Bonchev–Trinajstić information content (AvgIpc) is 3.23. The summed E-state index contributed by atoms with van der Waals surface area (Å²) in [6.45, 7) is 13.4. The second-order valence-corrected chi connectivity index (χ2v) is 10.9. The Balaban J connectivity index is 1.18. The zero-order chi connectivity index (χ0) is 24.9. The van der Waals surface area contributed by atoms with Gasteiger partial charge < -0.3 is 9.47 Å². The zero-order valence-corrected chi connectivity index (χ0v) is 22.5. The summed E-state index contributed by atoms with van der Waals surface area (Å²) in [7, 11) is 0. The topological polar surface area (TPSA) is 37.2 Å². The van der Waals surface area contributed by atoms with E-state index in [-0.39, 0.29) is 0 Å². The van der Waals surface area contributed by atoms with Gasteiger partial charge >= 0.3 is 0 Å². The number of likely N-dealkylation sites (tertiary alicyclic amines) is 2. The van der Waals surface area contributed by atoms with Gasteiger partial charge in [-0.25, -0.2) is 9.97 Å². The highest BCUT2D eigenvalue weighted by Gasteiger charge is 2.24. The fourth-order valence-corrected chi connectivity index (χ4v) is 6.03. The first-order valence-corrected chi connectivity index (χ1v) is 14.2. The van der Waals surface area contributed by atoms with E-state index in [9.17, 15) is 0 Å². The number of hydrogen-bond donors (Lipinski definition) is 0. The van der Waals surface area contributed by atoms with Crippen molar-refractivity contribution < 1.29 is 0 Å². The first kappa shape index (κ1) is 25.2. The van der Waals surface area contributed by atoms with Gasteiger partial charge in [0.2, 0.25) is 0 Å². The molecule has 3 aromatic rings. The molecule has 2 saturated heterocycles. The average molecular weight is 486 g/mol. The van der Waals surface area contributed by atoms with Crippen LogP contribution in [0.2, 0.25) is 0 Å². The molecule has 2 aliphatic rings. The van der Waals surface area contributed by atoms with E-state index < -0.39 is 0 Å². The number of piperidine rings is 2. The van der Waals surface area contributed by atoms with Gasteiger partial charge in [-0.2, -0.15) is 0 Å². The summed E-state index contributed by atoms with van der Waals surface area (Å²) in [6, 6.07) is 12.0. The van der Waals surface area contributed by atoms with Gasteiger partial charge in [-0.05, 0) is 94.9 Å². The van der Waals surface area contributed by atoms with Crippen LogP contribution in [-0.2, 0) is 13.0 Å². The van der Waals surface area contributed by atoms with Crippen molar-refractivity contribution in [2.75, 3.05) is 32.7 Å². The number of nitrogens with zero attached hydrogens (tertiary/aromatic N) is 5. The number of pyridine rings is 1. The highest BCUT2D eigenvalue weighted by Crippen LogP contribution is 2.23. The lowest BCUT2D eigenvalue weighted by atomic mass is 10.00. The van der Waals surface area contributed by atoms with Crippen LogP contribution < -0.4 is 0 Å². The number of aryl methyl sites for hydroxylation is 3. The lowest BCUT2D eigenvalue weighted by Crippen LogP contribution is -2.46. The minimum absolute atomic E-state index is 0.817. The molecule has 5 nitrogen and oxygen atoms in total. The molecule has 4 heterocycles. The van der Waals surface area contributed by atoms with Crippen molar-refractivity contribution in [2.24, 2.45) is 0 Å². The van der Waals surface area contributed by atoms with Crippen molar-refractivity contribution in [3.63, 3.8) is 0 Å². The van der Waals surface area contributed by atoms with E-state index in [0.717, 1.165) is 54.7 Å². The molecule has 0 unspecified atom stereocenters. The number of aromatic nitrogens is 3. The third kappa shape index (κ3) is 5.90. The van der Waals surface area contributed by atoms with Crippen molar-refractivity contribution in [2.45, 2.75) is 78.3 Å². The van der Waals surface area contributed by atoms with Crippen molar-refractivity contribution >= 4 is 17.2 Å². The van der Waals surface area contributed by atoms with Gasteiger partial charge in [0.25, 0.3) is 0 Å². The first-order valence-electron chi connectivity index (χ1n) is 14.2. The number of rotatable bonds is 8. The predicted molar refractivity (Wildman–Crippen MR) is 150 cm³/mol. The summed E-state index contributed by atoms with van der Waals surface area (Å²) in [5.41, 5.74) is 6.90. The fourth-order valence-electron chi connectivity index (χ4n) is 6.03. The molecule has 2 aromatic heterocycles. The van der Waals surface area contributed by atoms with Gasteiger partial charge in [-0.15, -0.1) is 0 Å². The standard InChI is InChI=1S/C31H43N5/c1-4-9-29-33-30-24(2)22-25(3)32-31(30)36(29)23-27-13-11-26(12-14-27)10-8-17-34-20-15-28(16-21-34)35-18-6-5-7-19-35/h8,10-14,22,28H,4-7,9,15-21,23H2,1-3H3/b10-8+. The normalized spacial score (nSPS) is 18.5. The number of imidazole rings is 1. The molecule has 0 amide bonds. The highest BCUT2D eigenvalue weighted by molar-refractivity contribution is 5.76. The molecule has 0 radical (unpaired) electrons. The maximum atomic E-state index is 4.95. The van der Waals surface area contributed by atoms with Crippen LogP contribution in [-0.4, -0.2) is 63.1 Å². The Kier molecular flexibility index (Phi) is 8.18. The van der Waals surface area contributed by atoms with Crippen LogP contribution in [0.4, 0.5) is 0 Å². The molecule has 36 heavy (non-hydrogen) atoms. The maximum Gasteiger partial charge on any atom is 0.160 e. The Hall–Kier alpha value is -2.50. The van der Waals surface area contributed by atoms with E-state index in [2.05, 4.69) is 77.6 Å². The molecule has 0 atom stereocenters. The maximum absolute atomic E-state index is 4.95. The lowest BCUT2D eigenvalue weighted by molar-refractivity contribution is 0.0975. The zero-order valence-electron chi connectivity index (χ0n) is 22.5. The van der Waals surface area contributed by atoms with Crippen LogP contribution in [0.1, 0.15) is 73.7 Å². The van der Waals surface area contributed by atoms with Crippen molar-refractivity contribution in [1.82, 2.24) is 24.3 Å². The van der Waals surface area contributed by atoms with Crippen LogP contribution in [0.5, 0.6) is 0 Å². The van der Waals surface area contributed by atoms with Crippen LogP contribution in [0.15, 0.2) is 36.4 Å². The summed E-state index contributed by atoms with van der Waals surface area (Å²) in [5.74, 6) is 1.14. The van der Waals surface area contributed by atoms with E-state index in [0.29, 0.717) is 0 Å². The SMILES string of the molecule is CCCc1nc2c(C)cc(C)nc2n1Cc1ccc(/C=C/CN2CCC(N3CCCCC3)CC2)cc1. The Bertz CT molecular complexity index is 1160. The molecule has 0 bridgehead atoms. The molecule has 0 N–H and O–H groups in total. The highest BCUT2D eigenvalue weighted by atomic mass is 15.2. The minimum Gasteiger partial charge on any atom is -0.308 e. The van der Waals surface area contributed by atoms with E-state index in [1.54, 1.807) is 0 Å². The molecule has 5 rings (SSSR count). The molecule has 0 spiro atoms. The minimum atomic E-state index is 0.817. The van der Waals surface area contributed by atoms with Gasteiger partial charge in [0.15, 0.2) is 5.65 Å². The molecule has 2 aliphatic heterocycles. The number of fused-ring (bicyclic) bond motifs is 1. The van der Waals surface area contributed by atoms with E-state index in [1.165, 1.54) is 75.0 Å². The van der Waals surface area contributed by atoms with E-state index in [1.807, 2.05) is 0 Å². The van der Waals surface area contributed by atoms with Gasteiger partial charge in [-0.3, -0.25) is 4.90 Å². The first-order chi connectivity index (χ1) is 17.6. The molecule has 0 aliphatic carbocycles. The van der Waals surface area contributed by atoms with Crippen molar-refractivity contribution in [3.8, 4) is 0 Å². The van der Waals surface area contributed by atoms with Crippen molar-refractivity contribution in [3.05, 3.63) is 64.6 Å². The lowest BCUT2D eigenvalue weighted by Gasteiger charge is -2.40. The van der Waals surface area contributed by atoms with Crippen molar-refractivity contribution in [1.29, 1.82) is 0 Å². The molecule has 1 aromatic carbocycles. The van der Waals surface area contributed by atoms with Crippen LogP contribution >= 0.6 is 0 Å². The quantitative estimate of drug-likeness (QED) is 0.391. The van der Waals surface area contributed by atoms with Crippen LogP contribution in [0, 0.1) is 13.8 Å². The summed E-state index contributed by atoms with van der Waals surface area (Å²) in [5, 5.41) is 0.